The summed E-state index contributed by atoms with van der Waals surface area (Å²) in [5, 5.41) is 26.5. The Morgan fingerprint density at radius 3 is 2.05 bits per heavy atom. The van der Waals surface area contributed by atoms with Gasteiger partial charge in [-0.3, -0.25) is 24.9 Å². The molecule has 0 bridgehead atoms. The van der Waals surface area contributed by atoms with Crippen molar-refractivity contribution in [1.29, 1.82) is 5.26 Å². The van der Waals surface area contributed by atoms with E-state index in [0.29, 0.717) is 55.0 Å². The summed E-state index contributed by atoms with van der Waals surface area (Å²) in [7, 11) is 0. The molecule has 0 aliphatic heterocycles. The van der Waals surface area contributed by atoms with Gasteiger partial charge in [-0.05, 0) is 85.0 Å². The number of benzene rings is 1. The summed E-state index contributed by atoms with van der Waals surface area (Å²) in [6, 6.07) is 9.29. The van der Waals surface area contributed by atoms with Crippen LogP contribution in [0.25, 0.3) is 6.08 Å². The molecule has 2 fully saturated rings. The minimum Gasteiger partial charge on any atom is -0.337 e. The van der Waals surface area contributed by atoms with Crippen molar-refractivity contribution in [3.05, 3.63) is 79.6 Å². The summed E-state index contributed by atoms with van der Waals surface area (Å²) < 4.78 is 0. The van der Waals surface area contributed by atoms with Gasteiger partial charge in [0.2, 0.25) is 5.95 Å². The Balaban J connectivity index is 1.10. The number of urea groups is 4. The molecule has 2 saturated carbocycles. The zero-order chi connectivity index (χ0) is 47.0. The van der Waals surface area contributed by atoms with Gasteiger partial charge < -0.3 is 16.0 Å². The minimum atomic E-state index is -0.725. The molecule has 0 saturated heterocycles. The second kappa shape index (κ2) is 20.0. The number of carbonyl (C=O) groups excluding carboxylic acids is 5. The highest BCUT2D eigenvalue weighted by Crippen LogP contribution is 2.46. The van der Waals surface area contributed by atoms with Crippen LogP contribution in [0.4, 0.5) is 36.8 Å². The van der Waals surface area contributed by atoms with Gasteiger partial charge in [0, 0.05) is 61.9 Å². The Hall–Kier alpha value is -6.40. The monoisotopic (exact) mass is 885 g/mol. The van der Waals surface area contributed by atoms with Crippen molar-refractivity contribution in [2.75, 3.05) is 18.4 Å². The van der Waals surface area contributed by atoms with Crippen molar-refractivity contribution in [2.45, 2.75) is 106 Å². The van der Waals surface area contributed by atoms with Gasteiger partial charge in [0.05, 0.1) is 11.7 Å². The SMILES string of the molecule is Cc1cc(=O)[nH]c(NC(=O)NCC2(C)CC([NH2+]C(=O)[NH2+]C(=O)C(C#N)=Cc3ccc([NH2+]C(=O)NC4CC(C)(C)CC(C)(CNC(=O)[NH2+]c5nc(C)cc(=O)[nH]5)C4)cc3)CC(C)(C)C2)n1. The molecule has 14 N–H and O–H groups in total. The molecule has 1 aromatic carbocycles. The topological polar surface area (TPSA) is 315 Å². The summed E-state index contributed by atoms with van der Waals surface area (Å²) in [5.74, 6) is -0.507. The molecule has 342 valence electrons. The van der Waals surface area contributed by atoms with Crippen LogP contribution >= 0.6 is 0 Å². The summed E-state index contributed by atoms with van der Waals surface area (Å²) >= 11 is 0. The molecule has 2 aliphatic rings. The van der Waals surface area contributed by atoms with Gasteiger partial charge in [-0.1, -0.05) is 41.5 Å². The molecule has 20 nitrogen and oxygen atoms in total. The molecular formula is C44H63N13O7+4. The lowest BCUT2D eigenvalue weighted by molar-refractivity contribution is -0.690. The van der Waals surface area contributed by atoms with Crippen LogP contribution in [0.5, 0.6) is 0 Å². The molecule has 0 spiro atoms. The first-order chi connectivity index (χ1) is 29.9. The van der Waals surface area contributed by atoms with Crippen LogP contribution in [-0.2, 0) is 4.79 Å². The summed E-state index contributed by atoms with van der Waals surface area (Å²) in [5.41, 5.74) is 0.166. The highest BCUT2D eigenvalue weighted by molar-refractivity contribution is 5.98. The van der Waals surface area contributed by atoms with E-state index in [0.717, 1.165) is 24.6 Å². The fourth-order valence-corrected chi connectivity index (χ4v) is 9.96. The number of primary amides is 5. The number of amides is 9. The molecule has 4 atom stereocenters. The molecule has 4 unspecified atom stereocenters. The van der Waals surface area contributed by atoms with Crippen molar-refractivity contribution in [1.82, 2.24) is 35.9 Å². The molecule has 0 radical (unpaired) electrons. The smallest absolute Gasteiger partial charge is 0.337 e. The predicted octanol–water partition coefficient (Wildman–Crippen LogP) is 0.651. The summed E-state index contributed by atoms with van der Waals surface area (Å²) in [6.45, 7) is 16.6. The lowest BCUT2D eigenvalue weighted by Gasteiger charge is -2.46. The average Bonchev–Trinajstić information content (AvgIpc) is 3.13. The van der Waals surface area contributed by atoms with Gasteiger partial charge in [-0.2, -0.15) is 25.7 Å². The molecular weight excluding hydrogens is 823 g/mol. The van der Waals surface area contributed by atoms with E-state index in [1.165, 1.54) is 34.2 Å². The Morgan fingerprint density at radius 1 is 0.797 bits per heavy atom. The molecule has 5 rings (SSSR count). The summed E-state index contributed by atoms with van der Waals surface area (Å²) in [6.07, 6.45) is 5.63. The maximum Gasteiger partial charge on any atom is 0.515 e. The first-order valence-corrected chi connectivity index (χ1v) is 21.4. The van der Waals surface area contributed by atoms with Crippen LogP contribution in [0.1, 0.15) is 97.0 Å². The third-order valence-corrected chi connectivity index (χ3v) is 11.5. The lowest BCUT2D eigenvalue weighted by Crippen LogP contribution is -3.13. The second-order valence-corrected chi connectivity index (χ2v) is 19.8. The molecule has 9 amide bonds. The molecule has 64 heavy (non-hydrogen) atoms. The number of rotatable bonds is 11. The maximum absolute atomic E-state index is 13.2. The van der Waals surface area contributed by atoms with Crippen molar-refractivity contribution >= 4 is 53.7 Å². The van der Waals surface area contributed by atoms with Crippen molar-refractivity contribution in [2.24, 2.45) is 21.7 Å². The zero-order valence-corrected chi connectivity index (χ0v) is 37.9. The number of quaternary nitrogens is 4. The maximum atomic E-state index is 13.2. The van der Waals surface area contributed by atoms with Crippen LogP contribution in [0, 0.1) is 46.8 Å². The van der Waals surface area contributed by atoms with E-state index >= 15 is 0 Å². The molecule has 3 aromatic rings. The van der Waals surface area contributed by atoms with E-state index < -0.39 is 18.0 Å². The average molecular weight is 886 g/mol. The van der Waals surface area contributed by atoms with Gasteiger partial charge in [-0.25, -0.2) is 34.8 Å². The normalized spacial score (nSPS) is 22.6. The predicted molar refractivity (Wildman–Crippen MR) is 235 cm³/mol. The number of aromatic nitrogens is 4. The van der Waals surface area contributed by atoms with E-state index in [4.69, 9.17) is 0 Å². The number of carbonyl (C=O) groups is 5. The molecule has 2 aliphatic carbocycles. The van der Waals surface area contributed by atoms with Gasteiger partial charge in [-0.15, -0.1) is 0 Å². The number of aromatic amines is 2. The van der Waals surface area contributed by atoms with E-state index in [1.54, 1.807) is 38.1 Å². The van der Waals surface area contributed by atoms with Crippen LogP contribution in [-0.4, -0.2) is 75.1 Å². The fourth-order valence-electron chi connectivity index (χ4n) is 9.96. The Bertz CT molecular complexity index is 2450. The molecule has 20 heteroatoms. The largest absolute Gasteiger partial charge is 0.515 e. The highest BCUT2D eigenvalue weighted by Gasteiger charge is 2.45. The first kappa shape index (κ1) is 48.6. The Labute approximate surface area is 371 Å². The molecule has 2 heterocycles. The quantitative estimate of drug-likeness (QED) is 0.0728. The van der Waals surface area contributed by atoms with Crippen molar-refractivity contribution in [3.63, 3.8) is 0 Å². The van der Waals surface area contributed by atoms with Gasteiger partial charge in [0.25, 0.3) is 11.1 Å². The van der Waals surface area contributed by atoms with Gasteiger partial charge in [0.1, 0.15) is 11.8 Å². The molecule has 2 aromatic heterocycles. The Morgan fingerprint density at radius 2 is 1.41 bits per heavy atom. The van der Waals surface area contributed by atoms with Gasteiger partial charge >= 0.3 is 36.0 Å². The number of nitrogens with zero attached hydrogens (tertiary/aromatic N) is 3. The number of hydrogen-bond acceptors (Lipinski definition) is 10. The fraction of sp³-hybridized carbons (Fsp3) is 0.500. The van der Waals surface area contributed by atoms with E-state index in [1.807, 2.05) is 13.0 Å². The number of H-pyrrole nitrogens is 2. The van der Waals surface area contributed by atoms with Crippen LogP contribution in [0.3, 0.4) is 0 Å². The number of nitriles is 1. The zero-order valence-electron chi connectivity index (χ0n) is 37.9. The van der Waals surface area contributed by atoms with Gasteiger partial charge in [0.15, 0.2) is 5.57 Å². The number of nitrogens with two attached hydrogens (primary N) is 4. The Kier molecular flexibility index (Phi) is 15.2. The first-order valence-electron chi connectivity index (χ1n) is 21.4. The standard InChI is InChI=1S/C44H59N13O7/c1-25-13-32(58)53-35(48-25)56-37(61)46-23-43(7)18-30(16-41(3,4)21-43)51-39(63)50-29-11-9-27(10-12-29)15-28(20-45)34(60)55-40(64)52-31-17-42(5,6)22-44(8,19-31)24-47-38(62)57-36-49-26(2)14-33(59)54-36/h9-15,30-31H,16-19,21-24H2,1-8H3,(H2,50,51,63)(H2,52,55,60,64)(H3,46,48,53,56,58,61)(H3,47,49,54,57,59,62)/p+4. The van der Waals surface area contributed by atoms with Crippen molar-refractivity contribution < 1.29 is 45.2 Å². The lowest BCUT2D eigenvalue weighted by atomic mass is 9.62. The number of hydrogen-bond donors (Lipinski definition) is 10. The van der Waals surface area contributed by atoms with Crippen molar-refractivity contribution in [3.8, 4) is 6.07 Å². The van der Waals surface area contributed by atoms with E-state index in [-0.39, 0.29) is 74.4 Å². The third-order valence-electron chi connectivity index (χ3n) is 11.5. The number of imide groups is 1. The van der Waals surface area contributed by atoms with E-state index in [2.05, 4.69) is 75.8 Å². The van der Waals surface area contributed by atoms with Crippen LogP contribution < -0.4 is 53.7 Å². The van der Waals surface area contributed by atoms with Crippen LogP contribution in [0.15, 0.2) is 51.6 Å². The second-order valence-electron chi connectivity index (χ2n) is 19.8. The summed E-state index contributed by atoms with van der Waals surface area (Å²) in [4.78, 5) is 102. The van der Waals surface area contributed by atoms with Crippen LogP contribution in [0.2, 0.25) is 0 Å². The number of nitrogens with one attached hydrogen (secondary N) is 6. The minimum absolute atomic E-state index is 0.0375. The number of aryl methyl sites for hydroxylation is 2. The highest BCUT2D eigenvalue weighted by atomic mass is 16.2. The number of anilines is 1. The third kappa shape index (κ3) is 14.9. The van der Waals surface area contributed by atoms with E-state index in [9.17, 15) is 38.8 Å².